The summed E-state index contributed by atoms with van der Waals surface area (Å²) in [5, 5.41) is 9.96. The van der Waals surface area contributed by atoms with Gasteiger partial charge >= 0.3 is 0 Å². The summed E-state index contributed by atoms with van der Waals surface area (Å²) in [6.07, 6.45) is 0.243. The van der Waals surface area contributed by atoms with Crippen molar-refractivity contribution >= 4 is 11.8 Å². The normalized spacial score (nSPS) is 12.1. The van der Waals surface area contributed by atoms with Gasteiger partial charge in [-0.2, -0.15) is 0 Å². The Morgan fingerprint density at radius 1 is 1.05 bits per heavy atom. The molecule has 0 saturated heterocycles. The lowest BCUT2D eigenvalue weighted by Gasteiger charge is -2.14. The van der Waals surface area contributed by atoms with Crippen LogP contribution in [0.2, 0.25) is 0 Å². The molecule has 0 radical (unpaired) electrons. The third-order valence-corrected chi connectivity index (χ3v) is 3.99. The molecule has 2 aromatic rings. The first-order chi connectivity index (χ1) is 9.81. The first kappa shape index (κ1) is 14.9. The number of aliphatic hydroxyl groups excluding tert-OH is 1. The van der Waals surface area contributed by atoms with E-state index >= 15 is 0 Å². The molecule has 0 saturated carbocycles. The van der Waals surface area contributed by atoms with E-state index in [9.17, 15) is 5.11 Å². The van der Waals surface area contributed by atoms with Crippen LogP contribution in [0.15, 0.2) is 59.5 Å². The molecule has 2 aromatic carbocycles. The minimum absolute atomic E-state index is 0.451. The van der Waals surface area contributed by atoms with Gasteiger partial charge < -0.3 is 9.84 Å². The van der Waals surface area contributed by atoms with Crippen LogP contribution in [-0.2, 0) is 0 Å². The van der Waals surface area contributed by atoms with Crippen LogP contribution < -0.4 is 4.74 Å². The van der Waals surface area contributed by atoms with Crippen molar-refractivity contribution in [2.24, 2.45) is 0 Å². The van der Waals surface area contributed by atoms with Gasteiger partial charge in [0.2, 0.25) is 0 Å². The third kappa shape index (κ3) is 4.29. The first-order valence-corrected chi connectivity index (χ1v) is 7.87. The predicted molar refractivity (Wildman–Crippen MR) is 84.4 cm³/mol. The highest BCUT2D eigenvalue weighted by Gasteiger charge is 2.10. The van der Waals surface area contributed by atoms with Crippen LogP contribution in [0.1, 0.15) is 25.0 Å². The van der Waals surface area contributed by atoms with E-state index in [4.69, 9.17) is 4.74 Å². The number of benzene rings is 2. The van der Waals surface area contributed by atoms with Crippen LogP contribution >= 0.6 is 11.8 Å². The molecule has 2 nitrogen and oxygen atoms in total. The van der Waals surface area contributed by atoms with Gasteiger partial charge in [0.05, 0.1) is 12.7 Å². The fourth-order valence-corrected chi connectivity index (χ4v) is 2.69. The standard InChI is InChI=1S/C17H20O2S/c1-2-16(18)15-10-6-7-11-17(15)19-12-13-20-14-8-4-3-5-9-14/h3-11,16,18H,2,12-13H2,1H3. The first-order valence-electron chi connectivity index (χ1n) is 6.89. The summed E-state index contributed by atoms with van der Waals surface area (Å²) in [5.74, 6) is 1.68. The zero-order chi connectivity index (χ0) is 14.2. The zero-order valence-electron chi connectivity index (χ0n) is 11.7. The molecule has 0 aliphatic heterocycles. The molecule has 0 fully saturated rings. The Morgan fingerprint density at radius 2 is 1.75 bits per heavy atom. The second kappa shape index (κ2) is 7.98. The fraction of sp³-hybridized carbons (Fsp3) is 0.294. The lowest BCUT2D eigenvalue weighted by atomic mass is 10.1. The summed E-state index contributed by atoms with van der Waals surface area (Å²) in [5.41, 5.74) is 0.875. The number of ether oxygens (including phenoxy) is 1. The topological polar surface area (TPSA) is 29.5 Å². The number of rotatable bonds is 7. The van der Waals surface area contributed by atoms with Crippen molar-refractivity contribution in [3.05, 3.63) is 60.2 Å². The van der Waals surface area contributed by atoms with E-state index in [1.165, 1.54) is 4.90 Å². The second-order valence-corrected chi connectivity index (χ2v) is 5.64. The van der Waals surface area contributed by atoms with E-state index < -0.39 is 6.10 Å². The van der Waals surface area contributed by atoms with Gasteiger partial charge in [0, 0.05) is 16.2 Å². The summed E-state index contributed by atoms with van der Waals surface area (Å²) >= 11 is 1.77. The summed E-state index contributed by atoms with van der Waals surface area (Å²) in [6, 6.07) is 18.0. The zero-order valence-corrected chi connectivity index (χ0v) is 12.5. The molecule has 0 aliphatic rings. The Morgan fingerprint density at radius 3 is 2.50 bits per heavy atom. The molecular weight excluding hydrogens is 268 g/mol. The monoisotopic (exact) mass is 288 g/mol. The highest BCUT2D eigenvalue weighted by Crippen LogP contribution is 2.27. The van der Waals surface area contributed by atoms with E-state index in [1.807, 2.05) is 49.4 Å². The number of aliphatic hydroxyl groups is 1. The highest BCUT2D eigenvalue weighted by atomic mass is 32.2. The Bertz CT molecular complexity index is 513. The van der Waals surface area contributed by atoms with Gasteiger partial charge in [-0.1, -0.05) is 43.3 Å². The summed E-state index contributed by atoms with van der Waals surface area (Å²) in [7, 11) is 0. The Kier molecular flexibility index (Phi) is 5.96. The summed E-state index contributed by atoms with van der Waals surface area (Å²) < 4.78 is 5.80. The maximum Gasteiger partial charge on any atom is 0.125 e. The van der Waals surface area contributed by atoms with Crippen LogP contribution in [0.4, 0.5) is 0 Å². The van der Waals surface area contributed by atoms with Gasteiger partial charge in [0.25, 0.3) is 0 Å². The van der Waals surface area contributed by atoms with Crippen molar-refractivity contribution in [1.29, 1.82) is 0 Å². The van der Waals surface area contributed by atoms with Crippen LogP contribution in [0.3, 0.4) is 0 Å². The molecule has 0 bridgehead atoms. The van der Waals surface area contributed by atoms with Crippen LogP contribution in [-0.4, -0.2) is 17.5 Å². The van der Waals surface area contributed by atoms with Crippen molar-refractivity contribution in [3.63, 3.8) is 0 Å². The van der Waals surface area contributed by atoms with Gasteiger partial charge in [-0.25, -0.2) is 0 Å². The average Bonchev–Trinajstić information content (AvgIpc) is 2.52. The summed E-state index contributed by atoms with van der Waals surface area (Å²) in [6.45, 7) is 2.60. The average molecular weight is 288 g/mol. The molecule has 3 heteroatoms. The lowest BCUT2D eigenvalue weighted by molar-refractivity contribution is 0.168. The van der Waals surface area contributed by atoms with Crippen molar-refractivity contribution in [3.8, 4) is 5.75 Å². The maximum atomic E-state index is 9.96. The van der Waals surface area contributed by atoms with Crippen molar-refractivity contribution in [2.45, 2.75) is 24.3 Å². The molecule has 0 aromatic heterocycles. The molecule has 2 rings (SSSR count). The fourth-order valence-electron chi connectivity index (χ4n) is 1.94. The summed E-state index contributed by atoms with van der Waals surface area (Å²) in [4.78, 5) is 1.25. The SMILES string of the molecule is CCC(O)c1ccccc1OCCSc1ccccc1. The van der Waals surface area contributed by atoms with Crippen LogP contribution in [0, 0.1) is 0 Å². The Hall–Kier alpha value is -1.45. The van der Waals surface area contributed by atoms with Gasteiger partial charge in [-0.15, -0.1) is 11.8 Å². The van der Waals surface area contributed by atoms with E-state index in [0.717, 1.165) is 17.1 Å². The molecule has 1 atom stereocenters. The minimum atomic E-state index is -0.451. The molecule has 0 spiro atoms. The number of hydrogen-bond acceptors (Lipinski definition) is 3. The molecule has 106 valence electrons. The molecule has 1 N–H and O–H groups in total. The van der Waals surface area contributed by atoms with Gasteiger partial charge in [0.15, 0.2) is 0 Å². The highest BCUT2D eigenvalue weighted by molar-refractivity contribution is 7.99. The lowest BCUT2D eigenvalue weighted by Crippen LogP contribution is -2.05. The van der Waals surface area contributed by atoms with Crippen LogP contribution in [0.5, 0.6) is 5.75 Å². The third-order valence-electron chi connectivity index (χ3n) is 3.02. The van der Waals surface area contributed by atoms with Gasteiger partial charge in [-0.05, 0) is 24.6 Å². The van der Waals surface area contributed by atoms with Crippen LogP contribution in [0.25, 0.3) is 0 Å². The minimum Gasteiger partial charge on any atom is -0.492 e. The van der Waals surface area contributed by atoms with Crippen molar-refractivity contribution < 1.29 is 9.84 Å². The Balaban J connectivity index is 1.85. The Labute approximate surface area is 124 Å². The van der Waals surface area contributed by atoms with Crippen molar-refractivity contribution in [1.82, 2.24) is 0 Å². The molecule has 0 aliphatic carbocycles. The number of thioether (sulfide) groups is 1. The quantitative estimate of drug-likeness (QED) is 0.608. The van der Waals surface area contributed by atoms with E-state index in [2.05, 4.69) is 12.1 Å². The number of para-hydroxylation sites is 1. The molecule has 0 amide bonds. The molecule has 0 heterocycles. The largest absolute Gasteiger partial charge is 0.492 e. The predicted octanol–water partition coefficient (Wildman–Crippen LogP) is 4.30. The van der Waals surface area contributed by atoms with Gasteiger partial charge in [-0.3, -0.25) is 0 Å². The van der Waals surface area contributed by atoms with Gasteiger partial charge in [0.1, 0.15) is 5.75 Å². The van der Waals surface area contributed by atoms with E-state index in [0.29, 0.717) is 13.0 Å². The molecule has 20 heavy (non-hydrogen) atoms. The van der Waals surface area contributed by atoms with E-state index in [1.54, 1.807) is 11.8 Å². The molecule has 1 unspecified atom stereocenters. The maximum absolute atomic E-state index is 9.96. The van der Waals surface area contributed by atoms with Crippen molar-refractivity contribution in [2.75, 3.05) is 12.4 Å². The molecular formula is C17H20O2S. The second-order valence-electron chi connectivity index (χ2n) is 4.47. The van der Waals surface area contributed by atoms with E-state index in [-0.39, 0.29) is 0 Å². The smallest absolute Gasteiger partial charge is 0.125 e. The number of hydrogen-bond donors (Lipinski definition) is 1.